The molecule has 0 aromatic heterocycles. The Morgan fingerprint density at radius 3 is 2.45 bits per heavy atom. The zero-order valence-electron chi connectivity index (χ0n) is 7.81. The number of likely N-dealkylation sites (N-methyl/N-ethyl adjacent to an activating group) is 1. The van der Waals surface area contributed by atoms with E-state index >= 15 is 0 Å². The second kappa shape index (κ2) is 2.72. The van der Waals surface area contributed by atoms with Gasteiger partial charge in [0, 0.05) is 19.1 Å². The van der Waals surface area contributed by atoms with Crippen LogP contribution in [0.5, 0.6) is 0 Å². The Morgan fingerprint density at radius 2 is 2.09 bits per heavy atom. The van der Waals surface area contributed by atoms with Crippen LogP contribution >= 0.6 is 0 Å². The van der Waals surface area contributed by atoms with Gasteiger partial charge < -0.3 is 10.2 Å². The number of guanidine groups is 1. The van der Waals surface area contributed by atoms with Gasteiger partial charge in [0.15, 0.2) is 5.96 Å². The molecule has 0 aromatic carbocycles. The fraction of sp³-hybridized carbons (Fsp3) is 0.875. The monoisotopic (exact) mass is 155 g/mol. The van der Waals surface area contributed by atoms with Gasteiger partial charge in [-0.05, 0) is 20.8 Å². The quantitative estimate of drug-likeness (QED) is 0.557. The zero-order chi connectivity index (χ0) is 8.48. The van der Waals surface area contributed by atoms with Crippen molar-refractivity contribution in [1.82, 2.24) is 10.2 Å². The molecule has 11 heavy (non-hydrogen) atoms. The van der Waals surface area contributed by atoms with Crippen LogP contribution < -0.4 is 5.32 Å². The van der Waals surface area contributed by atoms with E-state index < -0.39 is 0 Å². The van der Waals surface area contributed by atoms with Crippen molar-refractivity contribution in [1.29, 1.82) is 0 Å². The normalized spacial score (nSPS) is 18.5. The summed E-state index contributed by atoms with van der Waals surface area (Å²) < 4.78 is 0. The first-order valence-electron chi connectivity index (χ1n) is 4.03. The van der Waals surface area contributed by atoms with Gasteiger partial charge in [-0.3, -0.25) is 4.99 Å². The lowest BCUT2D eigenvalue weighted by Gasteiger charge is -2.25. The highest BCUT2D eigenvalue weighted by Crippen LogP contribution is 2.03. The number of nitrogens with one attached hydrogen (secondary N) is 1. The Balaban J connectivity index is 2.49. The fourth-order valence-electron chi connectivity index (χ4n) is 1.00. The predicted octanol–water partition coefficient (Wildman–Crippen LogP) is 0.676. The molecule has 0 atom stereocenters. The second-order valence-corrected chi connectivity index (χ2v) is 4.00. The minimum atomic E-state index is 0.122. The van der Waals surface area contributed by atoms with Gasteiger partial charge in [0.2, 0.25) is 0 Å². The summed E-state index contributed by atoms with van der Waals surface area (Å²) in [5.74, 6) is 1.03. The van der Waals surface area contributed by atoms with E-state index in [0.29, 0.717) is 0 Å². The molecule has 64 valence electrons. The molecule has 0 saturated carbocycles. The van der Waals surface area contributed by atoms with Crippen molar-refractivity contribution >= 4 is 5.96 Å². The van der Waals surface area contributed by atoms with Crippen LogP contribution in [0.25, 0.3) is 0 Å². The summed E-state index contributed by atoms with van der Waals surface area (Å²) in [6.07, 6.45) is 0. The van der Waals surface area contributed by atoms with Crippen molar-refractivity contribution in [2.24, 2.45) is 4.99 Å². The van der Waals surface area contributed by atoms with Crippen LogP contribution in [0, 0.1) is 0 Å². The molecule has 0 bridgehead atoms. The standard InChI is InChI=1S/C8H17N3/c1-8(2,3)10-7-9-5-6-11(7)4/h5-6H2,1-4H3,(H,9,10). The topological polar surface area (TPSA) is 27.6 Å². The molecule has 0 radical (unpaired) electrons. The number of nitrogens with zero attached hydrogens (tertiary/aromatic N) is 2. The van der Waals surface area contributed by atoms with E-state index in [1.165, 1.54) is 0 Å². The van der Waals surface area contributed by atoms with Gasteiger partial charge in [-0.25, -0.2) is 0 Å². The number of hydrogen-bond acceptors (Lipinski definition) is 3. The number of aliphatic imine (C=N–C) groups is 1. The molecule has 1 rings (SSSR count). The SMILES string of the molecule is CN1CCN=C1NC(C)(C)C. The van der Waals surface area contributed by atoms with Crippen LogP contribution in [0.1, 0.15) is 20.8 Å². The Morgan fingerprint density at radius 1 is 1.45 bits per heavy atom. The summed E-state index contributed by atoms with van der Waals surface area (Å²) in [7, 11) is 2.06. The molecule has 0 amide bonds. The Hall–Kier alpha value is -0.730. The molecule has 0 saturated heterocycles. The van der Waals surface area contributed by atoms with Crippen LogP contribution in [0.2, 0.25) is 0 Å². The average Bonchev–Trinajstić information content (AvgIpc) is 2.12. The van der Waals surface area contributed by atoms with Gasteiger partial charge in [0.25, 0.3) is 0 Å². The second-order valence-electron chi connectivity index (χ2n) is 4.00. The van der Waals surface area contributed by atoms with E-state index in [1.54, 1.807) is 0 Å². The molecule has 0 aromatic rings. The van der Waals surface area contributed by atoms with Gasteiger partial charge in [0.05, 0.1) is 6.54 Å². The summed E-state index contributed by atoms with van der Waals surface area (Å²) in [5, 5.41) is 3.34. The zero-order valence-corrected chi connectivity index (χ0v) is 7.81. The maximum atomic E-state index is 4.33. The summed E-state index contributed by atoms with van der Waals surface area (Å²) in [4.78, 5) is 6.48. The maximum Gasteiger partial charge on any atom is 0.194 e. The van der Waals surface area contributed by atoms with Crippen molar-refractivity contribution in [2.75, 3.05) is 20.1 Å². The summed E-state index contributed by atoms with van der Waals surface area (Å²) in [6.45, 7) is 8.39. The minimum absolute atomic E-state index is 0.122. The highest BCUT2D eigenvalue weighted by Gasteiger charge is 2.17. The molecule has 1 N–H and O–H groups in total. The molecule has 1 aliphatic rings. The highest BCUT2D eigenvalue weighted by molar-refractivity contribution is 5.81. The third-order valence-electron chi connectivity index (χ3n) is 1.55. The maximum absolute atomic E-state index is 4.33. The van der Waals surface area contributed by atoms with Gasteiger partial charge in [-0.1, -0.05) is 0 Å². The fourth-order valence-corrected chi connectivity index (χ4v) is 1.00. The van der Waals surface area contributed by atoms with E-state index in [0.717, 1.165) is 19.0 Å². The van der Waals surface area contributed by atoms with Gasteiger partial charge in [-0.15, -0.1) is 0 Å². The first kappa shape index (κ1) is 8.37. The van der Waals surface area contributed by atoms with E-state index in [9.17, 15) is 0 Å². The first-order chi connectivity index (χ1) is 4.99. The third kappa shape index (κ3) is 2.41. The number of hydrogen-bond donors (Lipinski definition) is 1. The van der Waals surface area contributed by atoms with Crippen molar-refractivity contribution in [2.45, 2.75) is 26.3 Å². The van der Waals surface area contributed by atoms with Gasteiger partial charge in [0.1, 0.15) is 0 Å². The lowest BCUT2D eigenvalue weighted by Crippen LogP contribution is -2.46. The third-order valence-corrected chi connectivity index (χ3v) is 1.55. The molecular weight excluding hydrogens is 138 g/mol. The molecule has 0 aliphatic carbocycles. The van der Waals surface area contributed by atoms with Crippen LogP contribution in [0.4, 0.5) is 0 Å². The van der Waals surface area contributed by atoms with Gasteiger partial charge >= 0.3 is 0 Å². The van der Waals surface area contributed by atoms with Gasteiger partial charge in [-0.2, -0.15) is 0 Å². The lowest BCUT2D eigenvalue weighted by atomic mass is 10.1. The largest absolute Gasteiger partial charge is 0.352 e. The van der Waals surface area contributed by atoms with Crippen molar-refractivity contribution in [3.05, 3.63) is 0 Å². The summed E-state index contributed by atoms with van der Waals surface area (Å²) in [6, 6.07) is 0. The lowest BCUT2D eigenvalue weighted by molar-refractivity contribution is 0.458. The van der Waals surface area contributed by atoms with E-state index in [2.05, 4.69) is 43.0 Å². The van der Waals surface area contributed by atoms with Crippen LogP contribution in [0.15, 0.2) is 4.99 Å². The molecule has 3 nitrogen and oxygen atoms in total. The Bertz CT molecular complexity index is 167. The molecular formula is C8H17N3. The Kier molecular flexibility index (Phi) is 2.07. The van der Waals surface area contributed by atoms with Crippen molar-refractivity contribution in [3.8, 4) is 0 Å². The van der Waals surface area contributed by atoms with Crippen molar-refractivity contribution < 1.29 is 0 Å². The van der Waals surface area contributed by atoms with E-state index in [4.69, 9.17) is 0 Å². The average molecular weight is 155 g/mol. The Labute approximate surface area is 68.5 Å². The summed E-state index contributed by atoms with van der Waals surface area (Å²) in [5.41, 5.74) is 0.122. The van der Waals surface area contributed by atoms with Crippen LogP contribution in [-0.4, -0.2) is 36.5 Å². The molecule has 0 fully saturated rings. The van der Waals surface area contributed by atoms with E-state index in [-0.39, 0.29) is 5.54 Å². The molecule has 0 spiro atoms. The van der Waals surface area contributed by atoms with Crippen molar-refractivity contribution in [3.63, 3.8) is 0 Å². The smallest absolute Gasteiger partial charge is 0.194 e. The van der Waals surface area contributed by atoms with Crippen LogP contribution in [-0.2, 0) is 0 Å². The molecule has 3 heteroatoms. The number of rotatable bonds is 0. The summed E-state index contributed by atoms with van der Waals surface area (Å²) >= 11 is 0. The first-order valence-corrected chi connectivity index (χ1v) is 4.03. The minimum Gasteiger partial charge on any atom is -0.352 e. The van der Waals surface area contributed by atoms with E-state index in [1.807, 2.05) is 0 Å². The molecule has 0 unspecified atom stereocenters. The molecule has 1 heterocycles. The van der Waals surface area contributed by atoms with Crippen LogP contribution in [0.3, 0.4) is 0 Å². The predicted molar refractivity (Wildman–Crippen MR) is 47.8 cm³/mol. The highest BCUT2D eigenvalue weighted by atomic mass is 15.3. The molecule has 1 aliphatic heterocycles.